The average molecular weight is 320 g/mol. The number of thioether (sulfide) groups is 1. The summed E-state index contributed by atoms with van der Waals surface area (Å²) >= 11 is 1.55. The fraction of sp³-hybridized carbons (Fsp3) is 0.529. The molecule has 0 aliphatic carbocycles. The summed E-state index contributed by atoms with van der Waals surface area (Å²) < 4.78 is 0. The van der Waals surface area contributed by atoms with Crippen molar-refractivity contribution in [2.45, 2.75) is 39.2 Å². The molecule has 0 aromatic heterocycles. The van der Waals surface area contributed by atoms with Gasteiger partial charge in [-0.1, -0.05) is 45.0 Å². The van der Waals surface area contributed by atoms with Crippen molar-refractivity contribution >= 4 is 23.6 Å². The molecular formula is C17H24N2O2S. The Morgan fingerprint density at radius 2 is 1.95 bits per heavy atom. The topological polar surface area (TPSA) is 49.4 Å². The van der Waals surface area contributed by atoms with Gasteiger partial charge in [0, 0.05) is 0 Å². The van der Waals surface area contributed by atoms with Crippen LogP contribution in [0, 0.1) is 0 Å². The van der Waals surface area contributed by atoms with Crippen LogP contribution in [0.3, 0.4) is 0 Å². The third-order valence-corrected chi connectivity index (χ3v) is 4.76. The lowest BCUT2D eigenvalue weighted by molar-refractivity contribution is -0.132. The molecule has 1 aromatic rings. The van der Waals surface area contributed by atoms with Crippen LogP contribution in [0.4, 0.5) is 0 Å². The van der Waals surface area contributed by atoms with Crippen LogP contribution in [0.25, 0.3) is 0 Å². The molecule has 120 valence electrons. The molecule has 1 aliphatic rings. The number of carbonyl (C=O) groups excluding carboxylic acids is 2. The first-order chi connectivity index (χ1) is 10.3. The highest BCUT2D eigenvalue weighted by atomic mass is 32.2. The minimum Gasteiger partial charge on any atom is -0.348 e. The molecule has 1 N–H and O–H groups in total. The van der Waals surface area contributed by atoms with Crippen molar-refractivity contribution in [1.29, 1.82) is 0 Å². The van der Waals surface area contributed by atoms with Crippen LogP contribution in [0.2, 0.25) is 0 Å². The predicted octanol–water partition coefficient (Wildman–Crippen LogP) is 2.69. The van der Waals surface area contributed by atoms with Gasteiger partial charge in [-0.2, -0.15) is 0 Å². The van der Waals surface area contributed by atoms with Gasteiger partial charge in [0.15, 0.2) is 0 Å². The minimum atomic E-state index is -0.108. The van der Waals surface area contributed by atoms with E-state index in [1.165, 1.54) is 5.56 Å². The highest BCUT2D eigenvalue weighted by molar-refractivity contribution is 8.00. The molecular weight excluding hydrogens is 296 g/mol. The SMILES string of the molecule is CC(NC(=O)CN1CSCC1=O)c1ccc(C(C)(C)C)cc1. The molecule has 1 fully saturated rings. The largest absolute Gasteiger partial charge is 0.348 e. The number of hydrogen-bond acceptors (Lipinski definition) is 3. The Morgan fingerprint density at radius 3 is 2.45 bits per heavy atom. The van der Waals surface area contributed by atoms with E-state index in [0.29, 0.717) is 11.6 Å². The van der Waals surface area contributed by atoms with E-state index < -0.39 is 0 Å². The first-order valence-electron chi connectivity index (χ1n) is 7.52. The van der Waals surface area contributed by atoms with E-state index in [0.717, 1.165) is 5.56 Å². The van der Waals surface area contributed by atoms with E-state index >= 15 is 0 Å². The summed E-state index contributed by atoms with van der Waals surface area (Å²) in [4.78, 5) is 25.2. The van der Waals surface area contributed by atoms with E-state index in [1.54, 1.807) is 16.7 Å². The number of nitrogens with zero attached hydrogens (tertiary/aromatic N) is 1. The highest BCUT2D eigenvalue weighted by Gasteiger charge is 2.23. The van der Waals surface area contributed by atoms with Crippen LogP contribution in [0.5, 0.6) is 0 Å². The van der Waals surface area contributed by atoms with Crippen LogP contribution in [0.1, 0.15) is 44.9 Å². The second kappa shape index (κ2) is 6.73. The van der Waals surface area contributed by atoms with Crippen LogP contribution >= 0.6 is 11.8 Å². The van der Waals surface area contributed by atoms with Crippen LogP contribution in [-0.4, -0.2) is 34.9 Å². The zero-order chi connectivity index (χ0) is 16.3. The Bertz CT molecular complexity index is 549. The summed E-state index contributed by atoms with van der Waals surface area (Å²) in [6.45, 7) is 8.65. The van der Waals surface area contributed by atoms with E-state index in [9.17, 15) is 9.59 Å². The zero-order valence-electron chi connectivity index (χ0n) is 13.7. The molecule has 2 amide bonds. The van der Waals surface area contributed by atoms with E-state index in [1.807, 2.05) is 6.92 Å². The molecule has 4 nitrogen and oxygen atoms in total. The van der Waals surface area contributed by atoms with Crippen molar-refractivity contribution in [3.05, 3.63) is 35.4 Å². The molecule has 0 bridgehead atoms. The van der Waals surface area contributed by atoms with E-state index in [2.05, 4.69) is 50.4 Å². The molecule has 1 unspecified atom stereocenters. The molecule has 0 spiro atoms. The maximum atomic E-state index is 12.0. The molecule has 1 heterocycles. The lowest BCUT2D eigenvalue weighted by Gasteiger charge is -2.21. The normalized spacial score (nSPS) is 16.7. The Balaban J connectivity index is 1.92. The van der Waals surface area contributed by atoms with Crippen molar-refractivity contribution in [1.82, 2.24) is 10.2 Å². The van der Waals surface area contributed by atoms with Crippen LogP contribution in [0.15, 0.2) is 24.3 Å². The molecule has 0 radical (unpaired) electrons. The number of rotatable bonds is 4. The van der Waals surface area contributed by atoms with Gasteiger partial charge in [0.1, 0.15) is 6.54 Å². The standard InChI is InChI=1S/C17H24N2O2S/c1-12(13-5-7-14(8-6-13)17(2,3)4)18-15(20)9-19-11-22-10-16(19)21/h5-8,12H,9-11H2,1-4H3,(H,18,20). The predicted molar refractivity (Wildman–Crippen MR) is 90.7 cm³/mol. The second-order valence-corrected chi connectivity index (χ2v) is 7.69. The molecule has 0 saturated carbocycles. The van der Waals surface area contributed by atoms with Gasteiger partial charge in [0.25, 0.3) is 0 Å². The summed E-state index contributed by atoms with van der Waals surface area (Å²) in [5.41, 5.74) is 2.47. The number of nitrogens with one attached hydrogen (secondary N) is 1. The number of hydrogen-bond donors (Lipinski definition) is 1. The summed E-state index contributed by atoms with van der Waals surface area (Å²) in [7, 11) is 0. The molecule has 1 aromatic carbocycles. The lowest BCUT2D eigenvalue weighted by Crippen LogP contribution is -2.39. The molecule has 1 aliphatic heterocycles. The first kappa shape index (κ1) is 16.9. The zero-order valence-corrected chi connectivity index (χ0v) is 14.5. The van der Waals surface area contributed by atoms with Gasteiger partial charge in [-0.15, -0.1) is 11.8 Å². The maximum Gasteiger partial charge on any atom is 0.240 e. The van der Waals surface area contributed by atoms with Gasteiger partial charge in [-0.3, -0.25) is 9.59 Å². The number of amides is 2. The van der Waals surface area contributed by atoms with Crippen molar-refractivity contribution in [2.75, 3.05) is 18.2 Å². The fourth-order valence-corrected chi connectivity index (χ4v) is 3.26. The van der Waals surface area contributed by atoms with Gasteiger partial charge < -0.3 is 10.2 Å². The third kappa shape index (κ3) is 4.26. The maximum absolute atomic E-state index is 12.0. The summed E-state index contributed by atoms with van der Waals surface area (Å²) in [6.07, 6.45) is 0. The van der Waals surface area contributed by atoms with Crippen molar-refractivity contribution in [3.8, 4) is 0 Å². The average Bonchev–Trinajstić information content (AvgIpc) is 2.83. The highest BCUT2D eigenvalue weighted by Crippen LogP contribution is 2.24. The van der Waals surface area contributed by atoms with E-state index in [-0.39, 0.29) is 29.8 Å². The Hall–Kier alpha value is -1.49. The summed E-state index contributed by atoms with van der Waals surface area (Å²) in [5, 5.41) is 2.96. The molecule has 5 heteroatoms. The van der Waals surface area contributed by atoms with Crippen molar-refractivity contribution in [3.63, 3.8) is 0 Å². The third-order valence-electron chi connectivity index (χ3n) is 3.81. The van der Waals surface area contributed by atoms with Gasteiger partial charge in [-0.05, 0) is 23.5 Å². The van der Waals surface area contributed by atoms with Crippen molar-refractivity contribution in [2.24, 2.45) is 0 Å². The Morgan fingerprint density at radius 1 is 1.32 bits per heavy atom. The minimum absolute atomic E-state index is 0.0438. The molecule has 22 heavy (non-hydrogen) atoms. The Kier molecular flexibility index (Phi) is 5.16. The van der Waals surface area contributed by atoms with Crippen LogP contribution < -0.4 is 5.32 Å². The fourth-order valence-electron chi connectivity index (χ4n) is 2.36. The number of benzene rings is 1. The molecule has 1 saturated heterocycles. The molecule has 1 atom stereocenters. The Labute approximate surface area is 136 Å². The van der Waals surface area contributed by atoms with Crippen molar-refractivity contribution < 1.29 is 9.59 Å². The summed E-state index contributed by atoms with van der Waals surface area (Å²) in [5.74, 6) is 1.03. The van der Waals surface area contributed by atoms with Gasteiger partial charge in [-0.25, -0.2) is 0 Å². The van der Waals surface area contributed by atoms with Gasteiger partial charge in [0.05, 0.1) is 17.7 Å². The second-order valence-electron chi connectivity index (χ2n) is 6.73. The van der Waals surface area contributed by atoms with Crippen LogP contribution in [-0.2, 0) is 15.0 Å². The monoisotopic (exact) mass is 320 g/mol. The van der Waals surface area contributed by atoms with Gasteiger partial charge in [0.2, 0.25) is 11.8 Å². The first-order valence-corrected chi connectivity index (χ1v) is 8.68. The lowest BCUT2D eigenvalue weighted by atomic mass is 9.86. The quantitative estimate of drug-likeness (QED) is 0.928. The summed E-state index contributed by atoms with van der Waals surface area (Å²) in [6, 6.07) is 8.27. The molecule has 2 rings (SSSR count). The smallest absolute Gasteiger partial charge is 0.240 e. The number of carbonyl (C=O) groups is 2. The van der Waals surface area contributed by atoms with E-state index in [4.69, 9.17) is 0 Å². The van der Waals surface area contributed by atoms with Gasteiger partial charge >= 0.3 is 0 Å².